The summed E-state index contributed by atoms with van der Waals surface area (Å²) in [5.41, 5.74) is 2.90. The third-order valence-electron chi connectivity index (χ3n) is 5.33. The largest absolute Gasteiger partial charge is 0.508 e. The van der Waals surface area contributed by atoms with Gasteiger partial charge in [0.05, 0.1) is 18.6 Å². The zero-order valence-electron chi connectivity index (χ0n) is 14.4. The Hall–Kier alpha value is -2.33. The molecule has 1 N–H and O–H groups in total. The quantitative estimate of drug-likeness (QED) is 0.934. The van der Waals surface area contributed by atoms with Crippen molar-refractivity contribution in [2.75, 3.05) is 19.7 Å². The summed E-state index contributed by atoms with van der Waals surface area (Å²) in [6, 6.07) is 15.4. The van der Waals surface area contributed by atoms with Gasteiger partial charge in [0, 0.05) is 6.54 Å². The van der Waals surface area contributed by atoms with E-state index in [0.717, 1.165) is 24.0 Å². The summed E-state index contributed by atoms with van der Waals surface area (Å²) in [5, 5.41) is 9.70. The maximum absolute atomic E-state index is 13.3. The number of phenols is 1. The fourth-order valence-corrected chi connectivity index (χ4v) is 3.76. The molecule has 0 aromatic heterocycles. The highest BCUT2D eigenvalue weighted by atomic mass is 16.5. The first-order valence-electron chi connectivity index (χ1n) is 8.85. The summed E-state index contributed by atoms with van der Waals surface area (Å²) in [4.78, 5) is 15.2. The van der Waals surface area contributed by atoms with E-state index >= 15 is 0 Å². The predicted molar refractivity (Wildman–Crippen MR) is 95.5 cm³/mol. The molecule has 1 atom stereocenters. The fraction of sp³-hybridized carbons (Fsp3) is 0.381. The van der Waals surface area contributed by atoms with Gasteiger partial charge < -0.3 is 14.7 Å². The van der Waals surface area contributed by atoms with Crippen molar-refractivity contribution >= 4 is 5.91 Å². The Labute approximate surface area is 148 Å². The van der Waals surface area contributed by atoms with E-state index in [4.69, 9.17) is 4.74 Å². The van der Waals surface area contributed by atoms with Gasteiger partial charge >= 0.3 is 0 Å². The first-order chi connectivity index (χ1) is 12.1. The summed E-state index contributed by atoms with van der Waals surface area (Å²) >= 11 is 0. The Morgan fingerprint density at radius 3 is 2.72 bits per heavy atom. The maximum Gasteiger partial charge on any atom is 0.233 e. The van der Waals surface area contributed by atoms with Crippen LogP contribution in [0.5, 0.6) is 5.75 Å². The van der Waals surface area contributed by atoms with Gasteiger partial charge in [0.15, 0.2) is 0 Å². The number of morpholine rings is 1. The van der Waals surface area contributed by atoms with Crippen LogP contribution >= 0.6 is 0 Å². The molecule has 0 unspecified atom stereocenters. The second kappa shape index (κ2) is 6.19. The molecular weight excluding hydrogens is 314 g/mol. The summed E-state index contributed by atoms with van der Waals surface area (Å²) in [6.45, 7) is 3.75. The Morgan fingerprint density at radius 2 is 2.00 bits per heavy atom. The highest BCUT2D eigenvalue weighted by Gasteiger charge is 2.53. The van der Waals surface area contributed by atoms with Crippen LogP contribution in [0.25, 0.3) is 0 Å². The van der Waals surface area contributed by atoms with Gasteiger partial charge in [0.1, 0.15) is 11.9 Å². The van der Waals surface area contributed by atoms with Crippen LogP contribution in [-0.4, -0.2) is 35.6 Å². The maximum atomic E-state index is 13.3. The summed E-state index contributed by atoms with van der Waals surface area (Å²) in [7, 11) is 0. The lowest BCUT2D eigenvalue weighted by atomic mass is 9.92. The summed E-state index contributed by atoms with van der Waals surface area (Å²) in [5.74, 6) is 0.439. The van der Waals surface area contributed by atoms with Crippen LogP contribution in [-0.2, 0) is 14.9 Å². The number of hydrogen-bond donors (Lipinski definition) is 1. The zero-order valence-corrected chi connectivity index (χ0v) is 14.4. The molecule has 25 heavy (non-hydrogen) atoms. The van der Waals surface area contributed by atoms with E-state index in [1.807, 2.05) is 23.1 Å². The highest BCUT2D eigenvalue weighted by molar-refractivity contribution is 5.91. The molecule has 1 saturated carbocycles. The van der Waals surface area contributed by atoms with Gasteiger partial charge in [-0.25, -0.2) is 0 Å². The molecule has 4 heteroatoms. The summed E-state index contributed by atoms with van der Waals surface area (Å²) in [6.07, 6.45) is 1.66. The first kappa shape index (κ1) is 16.2. The number of carbonyl (C=O) groups is 1. The predicted octanol–water partition coefficient (Wildman–Crippen LogP) is 3.33. The first-order valence-corrected chi connectivity index (χ1v) is 8.85. The van der Waals surface area contributed by atoms with Crippen LogP contribution in [0.2, 0.25) is 0 Å². The second-order valence-electron chi connectivity index (χ2n) is 7.16. The lowest BCUT2D eigenvalue weighted by molar-refractivity contribution is -0.141. The average molecular weight is 337 g/mol. The van der Waals surface area contributed by atoms with Crippen LogP contribution in [0.4, 0.5) is 0 Å². The number of hydrogen-bond acceptors (Lipinski definition) is 3. The van der Waals surface area contributed by atoms with Gasteiger partial charge in [-0.1, -0.05) is 42.0 Å². The molecule has 4 rings (SSSR count). The number of benzene rings is 2. The van der Waals surface area contributed by atoms with Crippen molar-refractivity contribution in [3.05, 3.63) is 65.2 Å². The van der Waals surface area contributed by atoms with Crippen LogP contribution in [0.1, 0.15) is 35.6 Å². The molecule has 4 nitrogen and oxygen atoms in total. The number of amides is 1. The molecule has 1 amide bonds. The van der Waals surface area contributed by atoms with E-state index in [0.29, 0.717) is 19.7 Å². The van der Waals surface area contributed by atoms with Gasteiger partial charge in [-0.3, -0.25) is 4.79 Å². The second-order valence-corrected chi connectivity index (χ2v) is 7.16. The molecule has 1 aliphatic carbocycles. The molecule has 1 aliphatic heterocycles. The SMILES string of the molecule is Cc1cccc(C2(C(=O)N3CCO[C@H](c4cccc(O)c4)C3)CC2)c1. The van der Waals surface area contributed by atoms with E-state index in [9.17, 15) is 9.90 Å². The number of aromatic hydroxyl groups is 1. The Kier molecular flexibility index (Phi) is 4.00. The van der Waals surface area contributed by atoms with Crippen molar-refractivity contribution in [3.8, 4) is 5.75 Å². The van der Waals surface area contributed by atoms with Gasteiger partial charge in [-0.2, -0.15) is 0 Å². The molecule has 0 spiro atoms. The van der Waals surface area contributed by atoms with E-state index in [1.165, 1.54) is 5.56 Å². The van der Waals surface area contributed by atoms with Crippen molar-refractivity contribution in [3.63, 3.8) is 0 Å². The molecule has 2 fully saturated rings. The molecular formula is C21H23NO3. The van der Waals surface area contributed by atoms with Crippen molar-refractivity contribution in [2.24, 2.45) is 0 Å². The molecule has 2 aliphatic rings. The molecule has 2 aromatic rings. The van der Waals surface area contributed by atoms with E-state index in [-0.39, 0.29) is 23.2 Å². The number of aryl methyl sites for hydroxylation is 1. The van der Waals surface area contributed by atoms with Crippen LogP contribution in [0.15, 0.2) is 48.5 Å². The molecule has 1 saturated heterocycles. The van der Waals surface area contributed by atoms with Gasteiger partial charge in [-0.05, 0) is 43.0 Å². The number of rotatable bonds is 3. The Bertz CT molecular complexity index is 797. The van der Waals surface area contributed by atoms with Crippen molar-refractivity contribution in [2.45, 2.75) is 31.3 Å². The zero-order chi connectivity index (χ0) is 17.4. The monoisotopic (exact) mass is 337 g/mol. The standard InChI is InChI=1S/C21H23NO3/c1-15-4-2-6-17(12-15)21(8-9-21)20(24)22-10-11-25-19(14-22)16-5-3-7-18(23)13-16/h2-7,12-13,19,23H,8-11,14H2,1H3/t19-/m0/s1. The molecule has 0 radical (unpaired) electrons. The van der Waals surface area contributed by atoms with Crippen LogP contribution in [0.3, 0.4) is 0 Å². The lowest BCUT2D eigenvalue weighted by Crippen LogP contribution is -2.46. The van der Waals surface area contributed by atoms with Gasteiger partial charge in [0.2, 0.25) is 5.91 Å². The smallest absolute Gasteiger partial charge is 0.233 e. The molecule has 130 valence electrons. The third kappa shape index (κ3) is 3.02. The highest BCUT2D eigenvalue weighted by Crippen LogP contribution is 2.50. The fourth-order valence-electron chi connectivity index (χ4n) is 3.76. The molecule has 1 heterocycles. The normalized spacial score (nSPS) is 21.8. The lowest BCUT2D eigenvalue weighted by Gasteiger charge is -2.35. The Balaban J connectivity index is 1.54. The third-order valence-corrected chi connectivity index (χ3v) is 5.33. The minimum atomic E-state index is -0.341. The topological polar surface area (TPSA) is 49.8 Å². The van der Waals surface area contributed by atoms with E-state index in [2.05, 4.69) is 25.1 Å². The average Bonchev–Trinajstić information content (AvgIpc) is 3.43. The van der Waals surface area contributed by atoms with Crippen molar-refractivity contribution < 1.29 is 14.6 Å². The summed E-state index contributed by atoms with van der Waals surface area (Å²) < 4.78 is 5.85. The van der Waals surface area contributed by atoms with Crippen molar-refractivity contribution in [1.82, 2.24) is 4.90 Å². The van der Waals surface area contributed by atoms with Crippen molar-refractivity contribution in [1.29, 1.82) is 0 Å². The van der Waals surface area contributed by atoms with Gasteiger partial charge in [0.25, 0.3) is 0 Å². The number of nitrogens with zero attached hydrogens (tertiary/aromatic N) is 1. The van der Waals surface area contributed by atoms with Gasteiger partial charge in [-0.15, -0.1) is 0 Å². The minimum absolute atomic E-state index is 0.182. The van der Waals surface area contributed by atoms with E-state index in [1.54, 1.807) is 12.1 Å². The van der Waals surface area contributed by atoms with Crippen LogP contribution < -0.4 is 0 Å². The number of carbonyl (C=O) groups excluding carboxylic acids is 1. The number of ether oxygens (including phenoxy) is 1. The van der Waals surface area contributed by atoms with Crippen LogP contribution in [0, 0.1) is 6.92 Å². The molecule has 0 bridgehead atoms. The Morgan fingerprint density at radius 1 is 1.20 bits per heavy atom. The minimum Gasteiger partial charge on any atom is -0.508 e. The number of phenolic OH excluding ortho intramolecular Hbond substituents is 1. The van der Waals surface area contributed by atoms with E-state index < -0.39 is 0 Å². The molecule has 2 aromatic carbocycles.